The van der Waals surface area contributed by atoms with Crippen LogP contribution >= 0.6 is 0 Å². The van der Waals surface area contributed by atoms with Crippen LogP contribution in [-0.2, 0) is 4.74 Å². The van der Waals surface area contributed by atoms with Gasteiger partial charge < -0.3 is 18.9 Å². The molecule has 22 heavy (non-hydrogen) atoms. The molecule has 0 saturated carbocycles. The van der Waals surface area contributed by atoms with Crippen LogP contribution in [0.4, 0.5) is 0 Å². The lowest BCUT2D eigenvalue weighted by Gasteiger charge is -2.17. The molecule has 5 heteroatoms. The van der Waals surface area contributed by atoms with Crippen molar-refractivity contribution >= 4 is 5.97 Å². The third-order valence-corrected chi connectivity index (χ3v) is 2.69. The Morgan fingerprint density at radius 3 is 1.86 bits per heavy atom. The molecule has 0 spiro atoms. The van der Waals surface area contributed by atoms with Crippen LogP contribution in [0.2, 0.25) is 0 Å². The molecule has 0 unspecified atom stereocenters. The molecule has 0 heterocycles. The summed E-state index contributed by atoms with van der Waals surface area (Å²) in [5, 5.41) is 0. The first kappa shape index (κ1) is 18.1. The van der Waals surface area contributed by atoms with Crippen LogP contribution < -0.4 is 14.2 Å². The zero-order chi connectivity index (χ0) is 16.5. The Bertz CT molecular complexity index is 455. The fourth-order valence-electron chi connectivity index (χ4n) is 1.83. The minimum absolute atomic E-state index is 0.282. The van der Waals surface area contributed by atoms with Gasteiger partial charge in [0, 0.05) is 0 Å². The minimum atomic E-state index is -0.390. The number of esters is 1. The highest BCUT2D eigenvalue weighted by molar-refractivity contribution is 5.91. The van der Waals surface area contributed by atoms with E-state index in [2.05, 4.69) is 0 Å². The van der Waals surface area contributed by atoms with Crippen molar-refractivity contribution in [2.24, 2.45) is 5.92 Å². The van der Waals surface area contributed by atoms with Crippen molar-refractivity contribution in [1.82, 2.24) is 0 Å². The monoisotopic (exact) mass is 310 g/mol. The molecule has 1 rings (SSSR count). The normalized spacial score (nSPS) is 10.5. The average Bonchev–Trinajstić information content (AvgIpc) is 2.48. The summed E-state index contributed by atoms with van der Waals surface area (Å²) in [6.45, 7) is 11.4. The first-order valence-electron chi connectivity index (χ1n) is 7.76. The molecular weight excluding hydrogens is 284 g/mol. The van der Waals surface area contributed by atoms with E-state index in [9.17, 15) is 4.79 Å². The van der Waals surface area contributed by atoms with Crippen molar-refractivity contribution in [3.8, 4) is 17.2 Å². The van der Waals surface area contributed by atoms with Gasteiger partial charge in [0.1, 0.15) is 0 Å². The van der Waals surface area contributed by atoms with E-state index in [0.29, 0.717) is 49.2 Å². The van der Waals surface area contributed by atoms with Crippen LogP contribution in [0.5, 0.6) is 17.2 Å². The second-order valence-corrected chi connectivity index (χ2v) is 5.09. The van der Waals surface area contributed by atoms with Crippen LogP contribution in [0, 0.1) is 5.92 Å². The molecule has 0 atom stereocenters. The van der Waals surface area contributed by atoms with Crippen LogP contribution in [-0.4, -0.2) is 32.4 Å². The Kier molecular flexibility index (Phi) is 7.57. The minimum Gasteiger partial charge on any atom is -0.490 e. The average molecular weight is 310 g/mol. The van der Waals surface area contributed by atoms with Crippen LogP contribution in [0.3, 0.4) is 0 Å². The highest BCUT2D eigenvalue weighted by Gasteiger charge is 2.19. The van der Waals surface area contributed by atoms with Gasteiger partial charge in [-0.2, -0.15) is 0 Å². The summed E-state index contributed by atoms with van der Waals surface area (Å²) in [7, 11) is 0. The number of carbonyl (C=O) groups is 1. The molecule has 0 aliphatic rings. The molecule has 0 fully saturated rings. The molecule has 0 aliphatic heterocycles. The Labute approximate surface area is 132 Å². The van der Waals surface area contributed by atoms with E-state index < -0.39 is 5.97 Å². The van der Waals surface area contributed by atoms with E-state index in [4.69, 9.17) is 18.9 Å². The first-order chi connectivity index (χ1) is 10.5. The van der Waals surface area contributed by atoms with Gasteiger partial charge in [0.05, 0.1) is 32.0 Å². The summed E-state index contributed by atoms with van der Waals surface area (Å²) in [5.41, 5.74) is 0.399. The van der Waals surface area contributed by atoms with E-state index in [1.807, 2.05) is 34.6 Å². The molecule has 0 aliphatic carbocycles. The van der Waals surface area contributed by atoms with Crippen molar-refractivity contribution in [2.75, 3.05) is 26.4 Å². The Morgan fingerprint density at radius 2 is 1.45 bits per heavy atom. The summed E-state index contributed by atoms with van der Waals surface area (Å²) in [4.78, 5) is 12.2. The summed E-state index contributed by atoms with van der Waals surface area (Å²) in [6.07, 6.45) is 0. The van der Waals surface area contributed by atoms with Crippen molar-refractivity contribution in [2.45, 2.75) is 34.6 Å². The smallest absolute Gasteiger partial charge is 0.338 e. The molecule has 0 aromatic heterocycles. The quantitative estimate of drug-likeness (QED) is 0.651. The molecule has 0 N–H and O–H groups in total. The summed E-state index contributed by atoms with van der Waals surface area (Å²) >= 11 is 0. The van der Waals surface area contributed by atoms with Crippen LogP contribution in [0.25, 0.3) is 0 Å². The Morgan fingerprint density at radius 1 is 0.955 bits per heavy atom. The molecule has 0 saturated heterocycles. The largest absolute Gasteiger partial charge is 0.490 e. The lowest BCUT2D eigenvalue weighted by molar-refractivity contribution is 0.0458. The predicted octanol–water partition coefficient (Wildman–Crippen LogP) is 3.70. The van der Waals surface area contributed by atoms with E-state index in [0.717, 1.165) is 0 Å². The van der Waals surface area contributed by atoms with Gasteiger partial charge in [-0.25, -0.2) is 4.79 Å². The Hall–Kier alpha value is -1.91. The molecule has 0 bridgehead atoms. The van der Waals surface area contributed by atoms with Gasteiger partial charge in [-0.05, 0) is 38.8 Å². The molecular formula is C17H26O5. The van der Waals surface area contributed by atoms with Gasteiger partial charge in [0.25, 0.3) is 0 Å². The molecule has 1 aromatic carbocycles. The van der Waals surface area contributed by atoms with Gasteiger partial charge >= 0.3 is 5.97 Å². The lowest BCUT2D eigenvalue weighted by atomic mass is 10.1. The van der Waals surface area contributed by atoms with Gasteiger partial charge in [-0.15, -0.1) is 0 Å². The predicted molar refractivity (Wildman–Crippen MR) is 85.1 cm³/mol. The fraction of sp³-hybridized carbons (Fsp3) is 0.588. The number of hydrogen-bond acceptors (Lipinski definition) is 5. The molecule has 0 amide bonds. The maximum absolute atomic E-state index is 12.2. The maximum Gasteiger partial charge on any atom is 0.338 e. The Balaban J connectivity index is 3.14. The van der Waals surface area contributed by atoms with E-state index in [-0.39, 0.29) is 5.92 Å². The van der Waals surface area contributed by atoms with Crippen molar-refractivity contribution in [3.05, 3.63) is 17.7 Å². The second-order valence-electron chi connectivity index (χ2n) is 5.09. The zero-order valence-electron chi connectivity index (χ0n) is 14.1. The number of hydrogen-bond donors (Lipinski definition) is 0. The molecule has 1 aromatic rings. The fourth-order valence-corrected chi connectivity index (χ4v) is 1.83. The van der Waals surface area contributed by atoms with Gasteiger partial charge in [-0.3, -0.25) is 0 Å². The van der Waals surface area contributed by atoms with Crippen molar-refractivity contribution < 1.29 is 23.7 Å². The molecule has 5 nitrogen and oxygen atoms in total. The number of rotatable bonds is 9. The van der Waals surface area contributed by atoms with Gasteiger partial charge in [0.2, 0.25) is 5.75 Å². The number of benzene rings is 1. The summed E-state index contributed by atoms with van der Waals surface area (Å²) in [6, 6.07) is 3.28. The standard InChI is InChI=1S/C17H26O5/c1-6-19-14-9-13(17(18)22-11-12(4)5)10-15(20-7-2)16(14)21-8-3/h9-10,12H,6-8,11H2,1-5H3. The van der Waals surface area contributed by atoms with Crippen molar-refractivity contribution in [1.29, 1.82) is 0 Å². The van der Waals surface area contributed by atoms with E-state index in [1.165, 1.54) is 0 Å². The molecule has 124 valence electrons. The van der Waals surface area contributed by atoms with Crippen LogP contribution in [0.15, 0.2) is 12.1 Å². The highest BCUT2D eigenvalue weighted by atomic mass is 16.5. The van der Waals surface area contributed by atoms with E-state index in [1.54, 1.807) is 12.1 Å². The topological polar surface area (TPSA) is 54.0 Å². The van der Waals surface area contributed by atoms with E-state index >= 15 is 0 Å². The third-order valence-electron chi connectivity index (χ3n) is 2.69. The van der Waals surface area contributed by atoms with Crippen molar-refractivity contribution in [3.63, 3.8) is 0 Å². The van der Waals surface area contributed by atoms with Gasteiger partial charge in [-0.1, -0.05) is 13.8 Å². The summed E-state index contributed by atoms with van der Waals surface area (Å²) in [5.74, 6) is 1.40. The molecule has 0 radical (unpaired) electrons. The summed E-state index contributed by atoms with van der Waals surface area (Å²) < 4.78 is 22.0. The van der Waals surface area contributed by atoms with Crippen LogP contribution in [0.1, 0.15) is 45.0 Å². The zero-order valence-corrected chi connectivity index (χ0v) is 14.1. The lowest BCUT2D eigenvalue weighted by Crippen LogP contribution is -2.11. The number of ether oxygens (including phenoxy) is 4. The second kappa shape index (κ2) is 9.18. The number of carbonyl (C=O) groups excluding carboxylic acids is 1. The highest BCUT2D eigenvalue weighted by Crippen LogP contribution is 2.39. The maximum atomic E-state index is 12.2. The third kappa shape index (κ3) is 5.13. The first-order valence-corrected chi connectivity index (χ1v) is 7.76. The van der Waals surface area contributed by atoms with Gasteiger partial charge in [0.15, 0.2) is 11.5 Å². The SMILES string of the molecule is CCOc1cc(C(=O)OCC(C)C)cc(OCC)c1OCC.